The Hall–Kier alpha value is -1.48. The molecule has 2 aromatic rings. The molecule has 1 N–H and O–H groups in total. The van der Waals surface area contributed by atoms with Crippen LogP contribution in [-0.2, 0) is 0 Å². The number of halogens is 1. The average molecular weight is 290 g/mol. The van der Waals surface area contributed by atoms with Crippen LogP contribution in [0.1, 0.15) is 19.8 Å². The third kappa shape index (κ3) is 2.31. The standard InChI is InChI=1S/C16H20ClN3/c1-11-6-8-20(9-7-11)16-12-4-3-5-13(17)15(12)14(18-2)10-19-16/h3-5,10-11,18H,6-9H2,1-2H3. The summed E-state index contributed by atoms with van der Waals surface area (Å²) in [6, 6.07) is 6.05. The molecule has 0 amide bonds. The fourth-order valence-electron chi connectivity index (χ4n) is 2.91. The van der Waals surface area contributed by atoms with Gasteiger partial charge in [0.05, 0.1) is 16.9 Å². The highest BCUT2D eigenvalue weighted by molar-refractivity contribution is 6.37. The Morgan fingerprint density at radius 2 is 2.05 bits per heavy atom. The van der Waals surface area contributed by atoms with E-state index < -0.39 is 0 Å². The number of hydrogen-bond acceptors (Lipinski definition) is 3. The lowest BCUT2D eigenvalue weighted by atomic mass is 9.99. The molecule has 1 aromatic carbocycles. The molecule has 1 fully saturated rings. The van der Waals surface area contributed by atoms with Crippen LogP contribution in [-0.4, -0.2) is 25.1 Å². The lowest BCUT2D eigenvalue weighted by Gasteiger charge is -2.32. The number of fused-ring (bicyclic) bond motifs is 1. The van der Waals surface area contributed by atoms with Gasteiger partial charge in [-0.15, -0.1) is 0 Å². The summed E-state index contributed by atoms with van der Waals surface area (Å²) in [5.74, 6) is 1.88. The molecule has 0 radical (unpaired) electrons. The highest BCUT2D eigenvalue weighted by atomic mass is 35.5. The van der Waals surface area contributed by atoms with Crippen LogP contribution in [0, 0.1) is 5.92 Å². The molecule has 1 saturated heterocycles. The van der Waals surface area contributed by atoms with E-state index in [0.717, 1.165) is 46.3 Å². The molecule has 106 valence electrons. The summed E-state index contributed by atoms with van der Waals surface area (Å²) in [5.41, 5.74) is 0.986. The summed E-state index contributed by atoms with van der Waals surface area (Å²) in [6.07, 6.45) is 4.36. The monoisotopic (exact) mass is 289 g/mol. The van der Waals surface area contributed by atoms with Crippen LogP contribution in [0.3, 0.4) is 0 Å². The van der Waals surface area contributed by atoms with Crippen LogP contribution in [0.25, 0.3) is 10.8 Å². The summed E-state index contributed by atoms with van der Waals surface area (Å²) in [5, 5.41) is 6.17. The van der Waals surface area contributed by atoms with Crippen molar-refractivity contribution in [2.75, 3.05) is 30.4 Å². The highest BCUT2D eigenvalue weighted by Gasteiger charge is 2.20. The van der Waals surface area contributed by atoms with Crippen molar-refractivity contribution in [3.63, 3.8) is 0 Å². The van der Waals surface area contributed by atoms with E-state index >= 15 is 0 Å². The third-order valence-electron chi connectivity index (χ3n) is 4.19. The lowest BCUT2D eigenvalue weighted by molar-refractivity contribution is 0.437. The van der Waals surface area contributed by atoms with Crippen LogP contribution in [0.15, 0.2) is 24.4 Å². The third-order valence-corrected chi connectivity index (χ3v) is 4.51. The number of pyridine rings is 1. The minimum atomic E-state index is 0.779. The van der Waals surface area contributed by atoms with Crippen LogP contribution in [0.5, 0.6) is 0 Å². The number of aromatic nitrogens is 1. The number of rotatable bonds is 2. The molecule has 3 rings (SSSR count). The number of piperidine rings is 1. The summed E-state index contributed by atoms with van der Waals surface area (Å²) in [7, 11) is 1.90. The largest absolute Gasteiger partial charge is 0.386 e. The van der Waals surface area contributed by atoms with Crippen molar-refractivity contribution in [1.82, 2.24) is 4.98 Å². The molecular formula is C16H20ClN3. The number of benzene rings is 1. The predicted octanol–water partition coefficient (Wildman–Crippen LogP) is 4.17. The van der Waals surface area contributed by atoms with Crippen molar-refractivity contribution in [2.24, 2.45) is 5.92 Å². The first-order valence-corrected chi connectivity index (χ1v) is 7.58. The van der Waals surface area contributed by atoms with E-state index in [4.69, 9.17) is 11.6 Å². The first-order chi connectivity index (χ1) is 9.70. The van der Waals surface area contributed by atoms with Gasteiger partial charge in [0.25, 0.3) is 0 Å². The fraction of sp³-hybridized carbons (Fsp3) is 0.438. The molecule has 3 nitrogen and oxygen atoms in total. The van der Waals surface area contributed by atoms with Gasteiger partial charge in [-0.1, -0.05) is 30.7 Å². The van der Waals surface area contributed by atoms with Crippen LogP contribution >= 0.6 is 11.6 Å². The quantitative estimate of drug-likeness (QED) is 0.899. The molecule has 0 aliphatic carbocycles. The summed E-state index contributed by atoms with van der Waals surface area (Å²) in [6.45, 7) is 4.48. The van der Waals surface area contributed by atoms with E-state index in [9.17, 15) is 0 Å². The minimum absolute atomic E-state index is 0.779. The number of nitrogens with zero attached hydrogens (tertiary/aromatic N) is 2. The predicted molar refractivity (Wildman–Crippen MR) is 86.9 cm³/mol. The van der Waals surface area contributed by atoms with E-state index in [1.807, 2.05) is 25.4 Å². The van der Waals surface area contributed by atoms with E-state index in [0.29, 0.717) is 0 Å². The summed E-state index contributed by atoms with van der Waals surface area (Å²) in [4.78, 5) is 7.06. The molecule has 0 atom stereocenters. The van der Waals surface area contributed by atoms with Gasteiger partial charge in [0.2, 0.25) is 0 Å². The van der Waals surface area contributed by atoms with Gasteiger partial charge in [0, 0.05) is 30.9 Å². The Kier molecular flexibility index (Phi) is 3.70. The molecule has 0 spiro atoms. The molecule has 0 unspecified atom stereocenters. The van der Waals surface area contributed by atoms with E-state index in [-0.39, 0.29) is 0 Å². The van der Waals surface area contributed by atoms with Crippen LogP contribution in [0.4, 0.5) is 11.5 Å². The number of anilines is 2. The van der Waals surface area contributed by atoms with Crippen molar-refractivity contribution in [3.05, 3.63) is 29.4 Å². The van der Waals surface area contributed by atoms with E-state index in [1.54, 1.807) is 0 Å². The fourth-order valence-corrected chi connectivity index (χ4v) is 3.18. The Morgan fingerprint density at radius 1 is 1.30 bits per heavy atom. The van der Waals surface area contributed by atoms with E-state index in [2.05, 4.69) is 28.2 Å². The van der Waals surface area contributed by atoms with Crippen molar-refractivity contribution >= 4 is 33.9 Å². The normalized spacial score (nSPS) is 16.6. The molecule has 1 aliphatic heterocycles. The maximum Gasteiger partial charge on any atom is 0.136 e. The van der Waals surface area contributed by atoms with Gasteiger partial charge < -0.3 is 10.2 Å². The molecule has 4 heteroatoms. The second kappa shape index (κ2) is 5.49. The summed E-state index contributed by atoms with van der Waals surface area (Å²) >= 11 is 6.39. The summed E-state index contributed by atoms with van der Waals surface area (Å²) < 4.78 is 0. The first kappa shape index (κ1) is 13.5. The number of hydrogen-bond donors (Lipinski definition) is 1. The average Bonchev–Trinajstić information content (AvgIpc) is 2.47. The number of nitrogens with one attached hydrogen (secondary N) is 1. The molecule has 0 bridgehead atoms. The lowest BCUT2D eigenvalue weighted by Crippen LogP contribution is -2.33. The SMILES string of the molecule is CNc1cnc(N2CCC(C)CC2)c2cccc(Cl)c12. The van der Waals surface area contributed by atoms with Crippen LogP contribution < -0.4 is 10.2 Å². The van der Waals surface area contributed by atoms with Gasteiger partial charge in [-0.05, 0) is 24.8 Å². The highest BCUT2D eigenvalue weighted by Crippen LogP contribution is 2.36. The van der Waals surface area contributed by atoms with Gasteiger partial charge in [-0.2, -0.15) is 0 Å². The Balaban J connectivity index is 2.10. The van der Waals surface area contributed by atoms with Crippen molar-refractivity contribution in [1.29, 1.82) is 0 Å². The van der Waals surface area contributed by atoms with Crippen LogP contribution in [0.2, 0.25) is 5.02 Å². The van der Waals surface area contributed by atoms with E-state index in [1.165, 1.54) is 12.8 Å². The first-order valence-electron chi connectivity index (χ1n) is 7.20. The molecule has 2 heterocycles. The van der Waals surface area contributed by atoms with Gasteiger partial charge >= 0.3 is 0 Å². The zero-order valence-electron chi connectivity index (χ0n) is 12.0. The zero-order chi connectivity index (χ0) is 14.1. The molecule has 1 aromatic heterocycles. The Labute approximate surface area is 124 Å². The molecule has 1 aliphatic rings. The zero-order valence-corrected chi connectivity index (χ0v) is 12.7. The maximum absolute atomic E-state index is 6.39. The Morgan fingerprint density at radius 3 is 2.75 bits per heavy atom. The molecular weight excluding hydrogens is 270 g/mol. The molecule has 0 saturated carbocycles. The van der Waals surface area contributed by atoms with Gasteiger partial charge in [0.1, 0.15) is 5.82 Å². The topological polar surface area (TPSA) is 28.2 Å². The second-order valence-electron chi connectivity index (χ2n) is 5.58. The van der Waals surface area contributed by atoms with Gasteiger partial charge in [-0.3, -0.25) is 0 Å². The van der Waals surface area contributed by atoms with Gasteiger partial charge in [0.15, 0.2) is 0 Å². The molecule has 20 heavy (non-hydrogen) atoms. The smallest absolute Gasteiger partial charge is 0.136 e. The van der Waals surface area contributed by atoms with Crippen molar-refractivity contribution < 1.29 is 0 Å². The van der Waals surface area contributed by atoms with Gasteiger partial charge in [-0.25, -0.2) is 4.98 Å². The maximum atomic E-state index is 6.39. The van der Waals surface area contributed by atoms with Crippen molar-refractivity contribution in [3.8, 4) is 0 Å². The minimum Gasteiger partial charge on any atom is -0.386 e. The Bertz CT molecular complexity index is 618. The second-order valence-corrected chi connectivity index (χ2v) is 5.98. The van der Waals surface area contributed by atoms with Crippen molar-refractivity contribution in [2.45, 2.75) is 19.8 Å².